The Kier molecular flexibility index (Phi) is 2.16. The van der Waals surface area contributed by atoms with Crippen LogP contribution >= 0.6 is 0 Å². The SMILES string of the molecule is CC#Cc1ccc(F)c2cccnc12. The van der Waals surface area contributed by atoms with Crippen LogP contribution in [0.15, 0.2) is 30.5 Å². The van der Waals surface area contributed by atoms with Gasteiger partial charge in [0.2, 0.25) is 0 Å². The Hall–Kier alpha value is -1.88. The fraction of sp³-hybridized carbons (Fsp3) is 0.0833. The molecule has 68 valence electrons. The van der Waals surface area contributed by atoms with Crippen LogP contribution in [-0.4, -0.2) is 4.98 Å². The van der Waals surface area contributed by atoms with Gasteiger partial charge < -0.3 is 0 Å². The van der Waals surface area contributed by atoms with Crippen LogP contribution in [0, 0.1) is 17.7 Å². The molecule has 0 fully saturated rings. The monoisotopic (exact) mass is 185 g/mol. The highest BCUT2D eigenvalue weighted by atomic mass is 19.1. The van der Waals surface area contributed by atoms with E-state index in [4.69, 9.17) is 0 Å². The molecule has 0 atom stereocenters. The second kappa shape index (κ2) is 3.47. The van der Waals surface area contributed by atoms with E-state index in [2.05, 4.69) is 16.8 Å². The first-order valence-electron chi connectivity index (χ1n) is 4.29. The maximum Gasteiger partial charge on any atom is 0.132 e. The van der Waals surface area contributed by atoms with Gasteiger partial charge in [-0.25, -0.2) is 4.39 Å². The van der Waals surface area contributed by atoms with Crippen molar-refractivity contribution >= 4 is 10.9 Å². The number of hydrogen-bond donors (Lipinski definition) is 0. The van der Waals surface area contributed by atoms with Gasteiger partial charge in [0.15, 0.2) is 0 Å². The number of rotatable bonds is 0. The van der Waals surface area contributed by atoms with Gasteiger partial charge in [-0.15, -0.1) is 5.92 Å². The second-order valence-corrected chi connectivity index (χ2v) is 2.87. The average Bonchev–Trinajstić information content (AvgIpc) is 2.23. The molecule has 0 saturated carbocycles. The van der Waals surface area contributed by atoms with Gasteiger partial charge in [0.25, 0.3) is 0 Å². The van der Waals surface area contributed by atoms with Crippen molar-refractivity contribution in [1.82, 2.24) is 4.98 Å². The van der Waals surface area contributed by atoms with Crippen molar-refractivity contribution in [2.75, 3.05) is 0 Å². The van der Waals surface area contributed by atoms with Crippen molar-refractivity contribution in [1.29, 1.82) is 0 Å². The average molecular weight is 185 g/mol. The van der Waals surface area contributed by atoms with Crippen LogP contribution in [0.1, 0.15) is 12.5 Å². The van der Waals surface area contributed by atoms with Gasteiger partial charge in [-0.05, 0) is 31.2 Å². The third kappa shape index (κ3) is 1.33. The first-order chi connectivity index (χ1) is 6.83. The van der Waals surface area contributed by atoms with Gasteiger partial charge in [0, 0.05) is 11.6 Å². The summed E-state index contributed by atoms with van der Waals surface area (Å²) in [5, 5.41) is 0.521. The van der Waals surface area contributed by atoms with E-state index in [1.165, 1.54) is 6.07 Å². The van der Waals surface area contributed by atoms with Crippen LogP contribution < -0.4 is 0 Å². The molecular weight excluding hydrogens is 177 g/mol. The fourth-order valence-electron chi connectivity index (χ4n) is 1.37. The zero-order valence-corrected chi connectivity index (χ0v) is 7.71. The van der Waals surface area contributed by atoms with Crippen LogP contribution in [0.3, 0.4) is 0 Å². The molecule has 2 heteroatoms. The first-order valence-corrected chi connectivity index (χ1v) is 4.29. The Morgan fingerprint density at radius 3 is 2.93 bits per heavy atom. The summed E-state index contributed by atoms with van der Waals surface area (Å²) in [5.41, 5.74) is 1.39. The van der Waals surface area contributed by atoms with Crippen molar-refractivity contribution in [2.24, 2.45) is 0 Å². The van der Waals surface area contributed by atoms with E-state index in [1.807, 2.05) is 0 Å². The lowest BCUT2D eigenvalue weighted by atomic mass is 10.1. The van der Waals surface area contributed by atoms with Crippen LogP contribution in [0.4, 0.5) is 4.39 Å². The molecule has 1 aromatic heterocycles. The summed E-state index contributed by atoms with van der Waals surface area (Å²) >= 11 is 0. The molecule has 0 N–H and O–H groups in total. The number of fused-ring (bicyclic) bond motifs is 1. The van der Waals surface area contributed by atoms with E-state index in [9.17, 15) is 4.39 Å². The maximum absolute atomic E-state index is 13.3. The molecule has 0 aliphatic heterocycles. The Labute approximate surface area is 81.6 Å². The van der Waals surface area contributed by atoms with Crippen molar-refractivity contribution in [3.05, 3.63) is 41.8 Å². The Bertz CT molecular complexity index is 535. The van der Waals surface area contributed by atoms with Gasteiger partial charge in [0.1, 0.15) is 5.82 Å². The summed E-state index contributed by atoms with van der Waals surface area (Å²) in [5.74, 6) is 5.43. The third-order valence-electron chi connectivity index (χ3n) is 1.98. The number of hydrogen-bond acceptors (Lipinski definition) is 1. The van der Waals surface area contributed by atoms with Crippen LogP contribution in [-0.2, 0) is 0 Å². The highest BCUT2D eigenvalue weighted by Crippen LogP contribution is 2.18. The molecule has 0 aliphatic rings. The number of halogens is 1. The summed E-state index contributed by atoms with van der Waals surface area (Å²) in [7, 11) is 0. The van der Waals surface area contributed by atoms with E-state index in [0.717, 1.165) is 5.56 Å². The molecule has 0 saturated heterocycles. The van der Waals surface area contributed by atoms with Crippen molar-refractivity contribution in [3.63, 3.8) is 0 Å². The number of nitrogens with zero attached hydrogens (tertiary/aromatic N) is 1. The zero-order chi connectivity index (χ0) is 9.97. The highest BCUT2D eigenvalue weighted by Gasteiger charge is 2.03. The second-order valence-electron chi connectivity index (χ2n) is 2.87. The van der Waals surface area contributed by atoms with Gasteiger partial charge >= 0.3 is 0 Å². The predicted molar refractivity (Wildman–Crippen MR) is 54.3 cm³/mol. The molecule has 1 nitrogen and oxygen atoms in total. The lowest BCUT2D eigenvalue weighted by molar-refractivity contribution is 0.639. The molecule has 0 radical (unpaired) electrons. The van der Waals surface area contributed by atoms with Gasteiger partial charge in [-0.3, -0.25) is 4.98 Å². The van der Waals surface area contributed by atoms with E-state index in [1.54, 1.807) is 31.3 Å². The third-order valence-corrected chi connectivity index (χ3v) is 1.98. The van der Waals surface area contributed by atoms with E-state index < -0.39 is 0 Å². The molecule has 0 bridgehead atoms. The summed E-state index contributed by atoms with van der Waals surface area (Å²) < 4.78 is 13.3. The minimum atomic E-state index is -0.255. The molecule has 0 amide bonds. The largest absolute Gasteiger partial charge is 0.255 e. The van der Waals surface area contributed by atoms with E-state index >= 15 is 0 Å². The number of pyridine rings is 1. The fourth-order valence-corrected chi connectivity index (χ4v) is 1.37. The lowest BCUT2D eigenvalue weighted by Crippen LogP contribution is -1.86. The molecule has 0 aliphatic carbocycles. The highest BCUT2D eigenvalue weighted by molar-refractivity contribution is 5.84. The molecule has 2 rings (SSSR count). The molecule has 0 spiro atoms. The number of aromatic nitrogens is 1. The minimum absolute atomic E-state index is 0.255. The summed E-state index contributed by atoms with van der Waals surface area (Å²) in [4.78, 5) is 4.12. The lowest BCUT2D eigenvalue weighted by Gasteiger charge is -2.00. The van der Waals surface area contributed by atoms with Crippen molar-refractivity contribution < 1.29 is 4.39 Å². The van der Waals surface area contributed by atoms with E-state index in [0.29, 0.717) is 10.9 Å². The van der Waals surface area contributed by atoms with Gasteiger partial charge in [-0.1, -0.05) is 5.92 Å². The Balaban J connectivity index is 2.86. The molecule has 0 unspecified atom stereocenters. The van der Waals surface area contributed by atoms with Gasteiger partial charge in [-0.2, -0.15) is 0 Å². The standard InChI is InChI=1S/C12H8FN/c1-2-4-9-6-7-11(13)10-5-3-8-14-12(9)10/h3,5-8H,1H3. The zero-order valence-electron chi connectivity index (χ0n) is 7.71. The first kappa shape index (κ1) is 8.71. The molecule has 14 heavy (non-hydrogen) atoms. The summed E-state index contributed by atoms with van der Waals surface area (Å²) in [6, 6.07) is 6.50. The van der Waals surface area contributed by atoms with Crippen LogP contribution in [0.2, 0.25) is 0 Å². The summed E-state index contributed by atoms with van der Waals surface area (Å²) in [6.45, 7) is 1.75. The van der Waals surface area contributed by atoms with Crippen molar-refractivity contribution in [2.45, 2.75) is 6.92 Å². The van der Waals surface area contributed by atoms with Gasteiger partial charge in [0.05, 0.1) is 11.1 Å². The normalized spacial score (nSPS) is 9.57. The van der Waals surface area contributed by atoms with E-state index in [-0.39, 0.29) is 5.82 Å². The predicted octanol–water partition coefficient (Wildman–Crippen LogP) is 2.75. The molecular formula is C12H8FN. The van der Waals surface area contributed by atoms with Crippen molar-refractivity contribution in [3.8, 4) is 11.8 Å². The number of benzene rings is 1. The molecule has 1 aromatic carbocycles. The minimum Gasteiger partial charge on any atom is -0.255 e. The smallest absolute Gasteiger partial charge is 0.132 e. The Morgan fingerprint density at radius 2 is 2.14 bits per heavy atom. The van der Waals surface area contributed by atoms with Crippen LogP contribution in [0.5, 0.6) is 0 Å². The topological polar surface area (TPSA) is 12.9 Å². The maximum atomic E-state index is 13.3. The summed E-state index contributed by atoms with van der Waals surface area (Å²) in [6.07, 6.45) is 1.64. The van der Waals surface area contributed by atoms with Crippen LogP contribution in [0.25, 0.3) is 10.9 Å². The quantitative estimate of drug-likeness (QED) is 0.575. The molecule has 1 heterocycles. The Morgan fingerprint density at radius 1 is 1.29 bits per heavy atom. The molecule has 2 aromatic rings.